The highest BCUT2D eigenvalue weighted by Gasteiger charge is 2.04. The van der Waals surface area contributed by atoms with Crippen LogP contribution in [0.2, 0.25) is 0 Å². The van der Waals surface area contributed by atoms with Crippen molar-refractivity contribution in [3.63, 3.8) is 0 Å². The third kappa shape index (κ3) is 4.86. The van der Waals surface area contributed by atoms with Crippen LogP contribution in [-0.4, -0.2) is 16.6 Å². The molecule has 2 aromatic rings. The van der Waals surface area contributed by atoms with Gasteiger partial charge in [-0.2, -0.15) is 0 Å². The van der Waals surface area contributed by atoms with E-state index in [1.165, 1.54) is 11.3 Å². The maximum Gasteiger partial charge on any atom is 0.224 e. The molecule has 0 atom stereocenters. The first-order valence-electron chi connectivity index (χ1n) is 6.34. The lowest BCUT2D eigenvalue weighted by molar-refractivity contribution is -0.116. The second-order valence-electron chi connectivity index (χ2n) is 4.39. The number of rotatable bonds is 6. The van der Waals surface area contributed by atoms with Crippen LogP contribution >= 0.6 is 23.1 Å². The lowest BCUT2D eigenvalue weighted by atomic mass is 10.2. The molecule has 0 aliphatic rings. The van der Waals surface area contributed by atoms with E-state index in [9.17, 15) is 4.79 Å². The molecular formula is C14H17N3OS2. The molecule has 0 unspecified atom stereocenters. The Morgan fingerprint density at radius 3 is 3.05 bits per heavy atom. The topological polar surface area (TPSA) is 68.0 Å². The molecule has 0 saturated carbocycles. The van der Waals surface area contributed by atoms with Crippen LogP contribution < -0.4 is 11.1 Å². The Morgan fingerprint density at radius 1 is 1.50 bits per heavy atom. The molecular weight excluding hydrogens is 290 g/mol. The Labute approximate surface area is 126 Å². The monoisotopic (exact) mass is 307 g/mol. The third-order valence-electron chi connectivity index (χ3n) is 2.60. The fourth-order valence-corrected chi connectivity index (χ4v) is 3.47. The first kappa shape index (κ1) is 14.9. The van der Waals surface area contributed by atoms with Crippen molar-refractivity contribution in [1.82, 2.24) is 4.98 Å². The van der Waals surface area contributed by atoms with Gasteiger partial charge in [0.25, 0.3) is 0 Å². The van der Waals surface area contributed by atoms with Crippen molar-refractivity contribution in [2.24, 2.45) is 0 Å². The molecule has 0 bridgehead atoms. The van der Waals surface area contributed by atoms with Crippen LogP contribution in [-0.2, 0) is 4.79 Å². The number of amides is 1. The van der Waals surface area contributed by atoms with Gasteiger partial charge in [0.2, 0.25) is 5.91 Å². The number of thiazole rings is 1. The number of carbonyl (C=O) groups excluding carboxylic acids is 1. The number of benzene rings is 1. The van der Waals surface area contributed by atoms with Crippen molar-refractivity contribution in [3.8, 4) is 0 Å². The molecule has 0 spiro atoms. The summed E-state index contributed by atoms with van der Waals surface area (Å²) in [7, 11) is 0. The Morgan fingerprint density at radius 2 is 2.35 bits per heavy atom. The van der Waals surface area contributed by atoms with E-state index in [0.717, 1.165) is 27.6 Å². The summed E-state index contributed by atoms with van der Waals surface area (Å²) in [6.45, 7) is 2.01. The SMILES string of the molecule is Cc1cccc(NC(=O)CCCSc2cnc(N)s2)c1. The number of hydrogen-bond donors (Lipinski definition) is 2. The van der Waals surface area contributed by atoms with Crippen LogP contribution in [0.3, 0.4) is 0 Å². The number of nitrogen functional groups attached to an aromatic ring is 1. The van der Waals surface area contributed by atoms with Gasteiger partial charge in [0.15, 0.2) is 5.13 Å². The standard InChI is InChI=1S/C14H17N3OS2/c1-10-4-2-5-11(8-10)17-12(18)6-3-7-19-13-9-16-14(15)20-13/h2,4-5,8-9H,3,6-7H2,1H3,(H2,15,16)(H,17,18). The first-order chi connectivity index (χ1) is 9.63. The van der Waals surface area contributed by atoms with E-state index in [1.54, 1.807) is 18.0 Å². The molecule has 1 aromatic carbocycles. The number of carbonyl (C=O) groups is 1. The molecule has 0 aliphatic heterocycles. The smallest absolute Gasteiger partial charge is 0.224 e. The predicted octanol–water partition coefficient (Wildman–Crippen LogP) is 3.54. The summed E-state index contributed by atoms with van der Waals surface area (Å²) in [6.07, 6.45) is 3.13. The molecule has 2 rings (SSSR count). The van der Waals surface area contributed by atoms with Crippen LogP contribution in [0, 0.1) is 6.92 Å². The number of nitrogens with one attached hydrogen (secondary N) is 1. The zero-order valence-corrected chi connectivity index (χ0v) is 12.9. The minimum absolute atomic E-state index is 0.0556. The maximum absolute atomic E-state index is 11.8. The Hall–Kier alpha value is -1.53. The van der Waals surface area contributed by atoms with Gasteiger partial charge >= 0.3 is 0 Å². The summed E-state index contributed by atoms with van der Waals surface area (Å²) in [5.74, 6) is 0.947. The summed E-state index contributed by atoms with van der Waals surface area (Å²) in [5.41, 5.74) is 7.56. The number of aryl methyl sites for hydroxylation is 1. The molecule has 0 radical (unpaired) electrons. The van der Waals surface area contributed by atoms with Crippen LogP contribution in [0.5, 0.6) is 0 Å². The first-order valence-corrected chi connectivity index (χ1v) is 8.14. The molecule has 6 heteroatoms. The highest BCUT2D eigenvalue weighted by molar-refractivity contribution is 8.01. The van der Waals surface area contributed by atoms with Crippen molar-refractivity contribution in [2.75, 3.05) is 16.8 Å². The molecule has 0 fully saturated rings. The fourth-order valence-electron chi connectivity index (χ4n) is 1.69. The van der Waals surface area contributed by atoms with Crippen LogP contribution in [0.15, 0.2) is 34.7 Å². The number of nitrogens with two attached hydrogens (primary N) is 1. The molecule has 1 heterocycles. The van der Waals surface area contributed by atoms with Gasteiger partial charge in [0.1, 0.15) is 0 Å². The lowest BCUT2D eigenvalue weighted by Gasteiger charge is -2.05. The van der Waals surface area contributed by atoms with Crippen molar-refractivity contribution in [1.29, 1.82) is 0 Å². The molecule has 3 N–H and O–H groups in total. The average molecular weight is 307 g/mol. The Bertz CT molecular complexity index is 583. The number of hydrogen-bond acceptors (Lipinski definition) is 5. The highest BCUT2D eigenvalue weighted by atomic mass is 32.2. The van der Waals surface area contributed by atoms with E-state index in [0.29, 0.717) is 11.6 Å². The second-order valence-corrected chi connectivity index (χ2v) is 6.84. The zero-order valence-electron chi connectivity index (χ0n) is 11.3. The van der Waals surface area contributed by atoms with Crippen molar-refractivity contribution >= 4 is 39.8 Å². The molecule has 1 aromatic heterocycles. The summed E-state index contributed by atoms with van der Waals surface area (Å²) < 4.78 is 1.10. The van der Waals surface area contributed by atoms with E-state index in [-0.39, 0.29) is 5.91 Å². The number of thioether (sulfide) groups is 1. The fraction of sp³-hybridized carbons (Fsp3) is 0.286. The van der Waals surface area contributed by atoms with E-state index in [2.05, 4.69) is 10.3 Å². The van der Waals surface area contributed by atoms with Gasteiger partial charge in [-0.25, -0.2) is 4.98 Å². The van der Waals surface area contributed by atoms with E-state index >= 15 is 0 Å². The van der Waals surface area contributed by atoms with Crippen LogP contribution in [0.25, 0.3) is 0 Å². The maximum atomic E-state index is 11.8. The van der Waals surface area contributed by atoms with Gasteiger partial charge in [-0.1, -0.05) is 23.5 Å². The summed E-state index contributed by atoms with van der Waals surface area (Å²) in [4.78, 5) is 15.8. The van der Waals surface area contributed by atoms with Gasteiger partial charge in [-0.15, -0.1) is 11.8 Å². The summed E-state index contributed by atoms with van der Waals surface area (Å²) in [6, 6.07) is 7.81. The molecule has 0 saturated heterocycles. The van der Waals surface area contributed by atoms with Crippen molar-refractivity contribution in [2.45, 2.75) is 24.0 Å². The highest BCUT2D eigenvalue weighted by Crippen LogP contribution is 2.27. The number of aromatic nitrogens is 1. The quantitative estimate of drug-likeness (QED) is 0.632. The lowest BCUT2D eigenvalue weighted by Crippen LogP contribution is -2.11. The van der Waals surface area contributed by atoms with E-state index < -0.39 is 0 Å². The predicted molar refractivity (Wildman–Crippen MR) is 86.3 cm³/mol. The summed E-state index contributed by atoms with van der Waals surface area (Å²) >= 11 is 3.17. The van der Waals surface area contributed by atoms with Gasteiger partial charge in [-0.3, -0.25) is 4.79 Å². The molecule has 106 valence electrons. The van der Waals surface area contributed by atoms with Crippen molar-refractivity contribution < 1.29 is 4.79 Å². The molecule has 0 aliphatic carbocycles. The average Bonchev–Trinajstić information content (AvgIpc) is 2.80. The second kappa shape index (κ2) is 7.31. The van der Waals surface area contributed by atoms with E-state index in [4.69, 9.17) is 5.73 Å². The molecule has 1 amide bonds. The zero-order chi connectivity index (χ0) is 14.4. The largest absolute Gasteiger partial charge is 0.375 e. The van der Waals surface area contributed by atoms with Crippen LogP contribution in [0.4, 0.5) is 10.8 Å². The van der Waals surface area contributed by atoms with E-state index in [1.807, 2.05) is 31.2 Å². The molecule has 4 nitrogen and oxygen atoms in total. The van der Waals surface area contributed by atoms with Crippen LogP contribution in [0.1, 0.15) is 18.4 Å². The Balaban J connectivity index is 1.67. The normalized spacial score (nSPS) is 10.4. The number of nitrogens with zero attached hydrogens (tertiary/aromatic N) is 1. The molecule has 20 heavy (non-hydrogen) atoms. The Kier molecular flexibility index (Phi) is 5.43. The number of anilines is 2. The van der Waals surface area contributed by atoms with Gasteiger partial charge in [-0.05, 0) is 36.8 Å². The van der Waals surface area contributed by atoms with Gasteiger partial charge < -0.3 is 11.1 Å². The van der Waals surface area contributed by atoms with Gasteiger partial charge in [0.05, 0.1) is 10.4 Å². The third-order valence-corrected chi connectivity index (χ3v) is 4.70. The van der Waals surface area contributed by atoms with Crippen molar-refractivity contribution in [3.05, 3.63) is 36.0 Å². The van der Waals surface area contributed by atoms with Gasteiger partial charge in [0, 0.05) is 12.1 Å². The summed E-state index contributed by atoms with van der Waals surface area (Å²) in [5, 5.41) is 3.50. The minimum Gasteiger partial charge on any atom is -0.375 e. The minimum atomic E-state index is 0.0556.